The summed E-state index contributed by atoms with van der Waals surface area (Å²) in [5, 5.41) is 2.33. The van der Waals surface area contributed by atoms with Gasteiger partial charge in [-0.15, -0.1) is 0 Å². The zero-order chi connectivity index (χ0) is 14.6. The number of sulfone groups is 1. The summed E-state index contributed by atoms with van der Waals surface area (Å²) in [5.74, 6) is -1.20. The van der Waals surface area contributed by atoms with Gasteiger partial charge in [0.15, 0.2) is 9.84 Å². The van der Waals surface area contributed by atoms with Gasteiger partial charge in [0.2, 0.25) is 0 Å². The van der Waals surface area contributed by atoms with Gasteiger partial charge in [0, 0.05) is 11.8 Å². The molecular weight excluding hydrogens is 294 g/mol. The molecule has 6 nitrogen and oxygen atoms in total. The Balaban J connectivity index is 2.97. The van der Waals surface area contributed by atoms with Gasteiger partial charge in [-0.1, -0.05) is 11.6 Å². The first-order valence-corrected chi connectivity index (χ1v) is 7.37. The van der Waals surface area contributed by atoms with Crippen LogP contribution in [0, 0.1) is 0 Å². The fourth-order valence-corrected chi connectivity index (χ4v) is 2.56. The minimum Gasteiger partial charge on any atom is -0.468 e. The van der Waals surface area contributed by atoms with Crippen molar-refractivity contribution in [3.8, 4) is 0 Å². The number of ether oxygens (including phenoxy) is 1. The van der Waals surface area contributed by atoms with Crippen molar-refractivity contribution in [2.45, 2.75) is 4.90 Å². The quantitative estimate of drug-likeness (QED) is 0.825. The van der Waals surface area contributed by atoms with Crippen LogP contribution in [0.5, 0.6) is 0 Å². The zero-order valence-corrected chi connectivity index (χ0v) is 11.8. The van der Waals surface area contributed by atoms with Gasteiger partial charge in [0.05, 0.1) is 17.0 Å². The molecule has 1 rings (SSSR count). The summed E-state index contributed by atoms with van der Waals surface area (Å²) in [6.07, 6.45) is 0.990. The SMILES string of the molecule is COC(=O)CNC(=O)c1ccc(Cl)c(S(C)(=O)=O)c1. The maximum atomic E-state index is 11.7. The van der Waals surface area contributed by atoms with Crippen LogP contribution in [0.1, 0.15) is 10.4 Å². The fourth-order valence-electron chi connectivity index (χ4n) is 1.26. The van der Waals surface area contributed by atoms with Crippen LogP contribution in [0.4, 0.5) is 0 Å². The van der Waals surface area contributed by atoms with E-state index in [1.54, 1.807) is 0 Å². The molecule has 1 aromatic carbocycles. The van der Waals surface area contributed by atoms with Crippen LogP contribution in [-0.4, -0.2) is 40.2 Å². The highest BCUT2D eigenvalue weighted by atomic mass is 35.5. The number of rotatable bonds is 4. The van der Waals surface area contributed by atoms with Crippen LogP contribution in [-0.2, 0) is 19.4 Å². The average Bonchev–Trinajstić information content (AvgIpc) is 2.34. The standard InChI is InChI=1S/C11H12ClNO5S/c1-18-10(14)6-13-11(15)7-3-4-8(12)9(5-7)19(2,16)17/h3-5H,6H2,1-2H3,(H,13,15). The molecule has 0 aliphatic heterocycles. The molecular formula is C11H12ClNO5S. The lowest BCUT2D eigenvalue weighted by atomic mass is 10.2. The van der Waals surface area contributed by atoms with E-state index in [1.807, 2.05) is 0 Å². The van der Waals surface area contributed by atoms with Gasteiger partial charge in [0.25, 0.3) is 5.91 Å². The second kappa shape index (κ2) is 6.03. The Labute approximate surface area is 115 Å². The molecule has 0 unspecified atom stereocenters. The number of methoxy groups -OCH3 is 1. The largest absolute Gasteiger partial charge is 0.468 e. The van der Waals surface area contributed by atoms with Crippen LogP contribution in [0.3, 0.4) is 0 Å². The molecule has 1 amide bonds. The van der Waals surface area contributed by atoms with E-state index in [9.17, 15) is 18.0 Å². The van der Waals surface area contributed by atoms with Crippen LogP contribution >= 0.6 is 11.6 Å². The van der Waals surface area contributed by atoms with Gasteiger partial charge in [-0.05, 0) is 18.2 Å². The number of carbonyl (C=O) groups is 2. The number of nitrogens with one attached hydrogen (secondary N) is 1. The minimum absolute atomic E-state index is 0.0343. The molecule has 0 fully saturated rings. The topological polar surface area (TPSA) is 89.5 Å². The third-order valence-electron chi connectivity index (χ3n) is 2.21. The molecule has 0 heterocycles. The van der Waals surface area contributed by atoms with Crippen molar-refractivity contribution in [3.05, 3.63) is 28.8 Å². The average molecular weight is 306 g/mol. The number of esters is 1. The van der Waals surface area contributed by atoms with Gasteiger partial charge in [-0.3, -0.25) is 9.59 Å². The molecule has 0 bridgehead atoms. The van der Waals surface area contributed by atoms with E-state index in [0.29, 0.717) is 0 Å². The first kappa shape index (κ1) is 15.5. The van der Waals surface area contributed by atoms with Crippen molar-refractivity contribution in [3.63, 3.8) is 0 Å². The van der Waals surface area contributed by atoms with Crippen LogP contribution in [0.15, 0.2) is 23.1 Å². The summed E-state index contributed by atoms with van der Waals surface area (Å²) in [7, 11) is -2.34. The summed E-state index contributed by atoms with van der Waals surface area (Å²) in [4.78, 5) is 22.4. The molecule has 0 spiro atoms. The van der Waals surface area contributed by atoms with Gasteiger partial charge in [-0.25, -0.2) is 8.42 Å². The van der Waals surface area contributed by atoms with Gasteiger partial charge in [-0.2, -0.15) is 0 Å². The first-order valence-electron chi connectivity index (χ1n) is 5.10. The lowest BCUT2D eigenvalue weighted by Crippen LogP contribution is -2.30. The monoisotopic (exact) mass is 305 g/mol. The number of hydrogen-bond acceptors (Lipinski definition) is 5. The maximum Gasteiger partial charge on any atom is 0.325 e. The third-order valence-corrected chi connectivity index (χ3v) is 3.79. The Hall–Kier alpha value is -1.60. The van der Waals surface area contributed by atoms with Crippen molar-refractivity contribution in [2.24, 2.45) is 0 Å². The Morgan fingerprint density at radius 2 is 2.00 bits per heavy atom. The summed E-state index contributed by atoms with van der Waals surface area (Å²) in [5.41, 5.74) is 0.0914. The van der Waals surface area contributed by atoms with Gasteiger partial charge < -0.3 is 10.1 Å². The lowest BCUT2D eigenvalue weighted by molar-refractivity contribution is -0.139. The molecule has 0 saturated heterocycles. The lowest BCUT2D eigenvalue weighted by Gasteiger charge is -2.07. The van der Waals surface area contributed by atoms with E-state index < -0.39 is 21.7 Å². The molecule has 104 valence electrons. The Morgan fingerprint density at radius 3 is 2.53 bits per heavy atom. The van der Waals surface area contributed by atoms with Crippen LogP contribution in [0.25, 0.3) is 0 Å². The predicted molar refractivity (Wildman–Crippen MR) is 68.9 cm³/mol. The van der Waals surface area contributed by atoms with Gasteiger partial charge in [0.1, 0.15) is 6.54 Å². The maximum absolute atomic E-state index is 11.7. The highest BCUT2D eigenvalue weighted by molar-refractivity contribution is 7.90. The van der Waals surface area contributed by atoms with E-state index in [4.69, 9.17) is 11.6 Å². The number of benzene rings is 1. The van der Waals surface area contributed by atoms with E-state index in [0.717, 1.165) is 12.3 Å². The predicted octanol–water partition coefficient (Wildman–Crippen LogP) is 0.646. The number of amides is 1. The Kier molecular flexibility index (Phi) is 4.90. The molecule has 0 aliphatic rings. The fraction of sp³-hybridized carbons (Fsp3) is 0.273. The molecule has 0 atom stereocenters. The molecule has 19 heavy (non-hydrogen) atoms. The molecule has 0 aliphatic carbocycles. The summed E-state index contributed by atoms with van der Waals surface area (Å²) < 4.78 is 27.3. The van der Waals surface area contributed by atoms with E-state index in [2.05, 4.69) is 10.1 Å². The molecule has 8 heteroatoms. The second-order valence-electron chi connectivity index (χ2n) is 3.68. The van der Waals surface area contributed by atoms with Gasteiger partial charge >= 0.3 is 5.97 Å². The van der Waals surface area contributed by atoms with Crippen molar-refractivity contribution < 1.29 is 22.7 Å². The summed E-state index contributed by atoms with van der Waals surface area (Å²) in [6, 6.07) is 3.83. The molecule has 1 N–H and O–H groups in total. The minimum atomic E-state index is -3.53. The van der Waals surface area contributed by atoms with Crippen molar-refractivity contribution in [1.82, 2.24) is 5.32 Å². The van der Waals surface area contributed by atoms with Crippen molar-refractivity contribution in [1.29, 1.82) is 0 Å². The highest BCUT2D eigenvalue weighted by Crippen LogP contribution is 2.22. The first-order chi connectivity index (χ1) is 8.75. The number of hydrogen-bond donors (Lipinski definition) is 1. The van der Waals surface area contributed by atoms with Crippen molar-refractivity contribution >= 4 is 33.3 Å². The third kappa shape index (κ3) is 4.22. The zero-order valence-electron chi connectivity index (χ0n) is 10.3. The van der Waals surface area contributed by atoms with Crippen LogP contribution in [0.2, 0.25) is 5.02 Å². The van der Waals surface area contributed by atoms with E-state index in [-0.39, 0.29) is 22.0 Å². The Bertz CT molecular complexity index is 612. The Morgan fingerprint density at radius 1 is 1.37 bits per heavy atom. The number of halogens is 1. The van der Waals surface area contributed by atoms with Crippen molar-refractivity contribution in [2.75, 3.05) is 19.9 Å². The molecule has 0 radical (unpaired) electrons. The summed E-state index contributed by atoms with van der Waals surface area (Å²) in [6.45, 7) is -0.299. The highest BCUT2D eigenvalue weighted by Gasteiger charge is 2.16. The molecule has 1 aromatic rings. The van der Waals surface area contributed by atoms with Crippen LogP contribution < -0.4 is 5.32 Å². The second-order valence-corrected chi connectivity index (χ2v) is 6.07. The molecule has 0 saturated carbocycles. The normalized spacial score (nSPS) is 10.9. The van der Waals surface area contributed by atoms with E-state index >= 15 is 0 Å². The smallest absolute Gasteiger partial charge is 0.325 e. The van der Waals surface area contributed by atoms with E-state index in [1.165, 1.54) is 19.2 Å². The summed E-state index contributed by atoms with van der Waals surface area (Å²) >= 11 is 5.75. The molecule has 0 aromatic heterocycles. The number of carbonyl (C=O) groups excluding carboxylic acids is 2.